The molecular formula is C10H22N2O. The van der Waals surface area contributed by atoms with Crippen molar-refractivity contribution in [3.63, 3.8) is 0 Å². The summed E-state index contributed by atoms with van der Waals surface area (Å²) in [6.45, 7) is 6.58. The van der Waals surface area contributed by atoms with Crippen molar-refractivity contribution in [3.8, 4) is 0 Å². The van der Waals surface area contributed by atoms with Gasteiger partial charge in [0.2, 0.25) is 0 Å². The summed E-state index contributed by atoms with van der Waals surface area (Å²) in [6.07, 6.45) is 3.38. The van der Waals surface area contributed by atoms with Crippen LogP contribution in [0.25, 0.3) is 0 Å². The molecule has 1 heterocycles. The molecule has 0 aliphatic carbocycles. The molecule has 2 atom stereocenters. The highest BCUT2D eigenvalue weighted by atomic mass is 16.3. The molecule has 0 spiro atoms. The first-order chi connectivity index (χ1) is 6.05. The van der Waals surface area contributed by atoms with Crippen LogP contribution in [-0.4, -0.2) is 41.3 Å². The van der Waals surface area contributed by atoms with Crippen LogP contribution in [0.1, 0.15) is 33.1 Å². The Labute approximate surface area is 80.9 Å². The van der Waals surface area contributed by atoms with E-state index in [0.717, 1.165) is 13.0 Å². The van der Waals surface area contributed by atoms with E-state index in [1.807, 2.05) is 6.92 Å². The van der Waals surface area contributed by atoms with Gasteiger partial charge in [0, 0.05) is 19.1 Å². The zero-order valence-electron chi connectivity index (χ0n) is 8.79. The molecule has 13 heavy (non-hydrogen) atoms. The van der Waals surface area contributed by atoms with Crippen molar-refractivity contribution >= 4 is 0 Å². The Hall–Kier alpha value is -0.120. The second kappa shape index (κ2) is 4.40. The van der Waals surface area contributed by atoms with Crippen LogP contribution in [0.5, 0.6) is 0 Å². The van der Waals surface area contributed by atoms with Gasteiger partial charge < -0.3 is 15.7 Å². The Morgan fingerprint density at radius 2 is 2.31 bits per heavy atom. The van der Waals surface area contributed by atoms with E-state index in [1.165, 1.54) is 19.4 Å². The van der Waals surface area contributed by atoms with Gasteiger partial charge in [0.15, 0.2) is 0 Å². The third-order valence-corrected chi connectivity index (χ3v) is 3.07. The molecule has 1 saturated heterocycles. The van der Waals surface area contributed by atoms with Crippen LogP contribution < -0.4 is 5.73 Å². The molecule has 0 aromatic heterocycles. The maximum Gasteiger partial charge on any atom is 0.0753 e. The molecule has 0 saturated carbocycles. The van der Waals surface area contributed by atoms with Gasteiger partial charge in [0.25, 0.3) is 0 Å². The topological polar surface area (TPSA) is 49.5 Å². The molecule has 78 valence electrons. The molecule has 0 aromatic rings. The molecule has 1 rings (SSSR count). The first-order valence-corrected chi connectivity index (χ1v) is 5.22. The van der Waals surface area contributed by atoms with E-state index in [-0.39, 0.29) is 0 Å². The fraction of sp³-hybridized carbons (Fsp3) is 1.00. The van der Waals surface area contributed by atoms with Crippen molar-refractivity contribution in [2.24, 2.45) is 5.73 Å². The van der Waals surface area contributed by atoms with E-state index in [1.54, 1.807) is 0 Å². The van der Waals surface area contributed by atoms with Gasteiger partial charge >= 0.3 is 0 Å². The summed E-state index contributed by atoms with van der Waals surface area (Å²) in [5, 5.41) is 9.72. The minimum atomic E-state index is -0.678. The van der Waals surface area contributed by atoms with E-state index in [2.05, 4.69) is 11.8 Å². The van der Waals surface area contributed by atoms with Crippen LogP contribution in [0.4, 0.5) is 0 Å². The fourth-order valence-electron chi connectivity index (χ4n) is 1.81. The molecule has 1 aliphatic heterocycles. The van der Waals surface area contributed by atoms with E-state index in [9.17, 15) is 5.11 Å². The van der Waals surface area contributed by atoms with E-state index < -0.39 is 5.60 Å². The number of likely N-dealkylation sites (tertiary alicyclic amines) is 1. The van der Waals surface area contributed by atoms with Crippen LogP contribution in [-0.2, 0) is 0 Å². The van der Waals surface area contributed by atoms with Crippen LogP contribution in [0.15, 0.2) is 0 Å². The Morgan fingerprint density at radius 1 is 1.62 bits per heavy atom. The minimum absolute atomic E-state index is 0.356. The quantitative estimate of drug-likeness (QED) is 0.675. The molecule has 3 N–H and O–H groups in total. The van der Waals surface area contributed by atoms with Crippen LogP contribution >= 0.6 is 0 Å². The third kappa shape index (κ3) is 3.25. The second-order valence-corrected chi connectivity index (χ2v) is 4.48. The number of nitrogens with two attached hydrogens (primary N) is 1. The van der Waals surface area contributed by atoms with Gasteiger partial charge in [-0.1, -0.05) is 0 Å². The van der Waals surface area contributed by atoms with Crippen LogP contribution in [0.2, 0.25) is 0 Å². The summed E-state index contributed by atoms with van der Waals surface area (Å²) < 4.78 is 0. The predicted molar refractivity (Wildman–Crippen MR) is 54.6 cm³/mol. The van der Waals surface area contributed by atoms with Crippen LogP contribution in [0, 0.1) is 0 Å². The van der Waals surface area contributed by atoms with Gasteiger partial charge in [-0.05, 0) is 39.7 Å². The van der Waals surface area contributed by atoms with Crippen molar-refractivity contribution in [1.29, 1.82) is 0 Å². The maximum atomic E-state index is 9.72. The molecule has 3 nitrogen and oxygen atoms in total. The van der Waals surface area contributed by atoms with Crippen molar-refractivity contribution < 1.29 is 5.11 Å². The highest BCUT2D eigenvalue weighted by molar-refractivity contribution is 4.80. The van der Waals surface area contributed by atoms with Crippen molar-refractivity contribution in [2.45, 2.75) is 44.8 Å². The Bertz CT molecular complexity index is 159. The molecule has 1 fully saturated rings. The first-order valence-electron chi connectivity index (χ1n) is 5.22. The summed E-state index contributed by atoms with van der Waals surface area (Å²) in [5.74, 6) is 0. The lowest BCUT2D eigenvalue weighted by molar-refractivity contribution is 0.0469. The summed E-state index contributed by atoms with van der Waals surface area (Å²) in [6, 6.07) is 0.688. The monoisotopic (exact) mass is 186 g/mol. The van der Waals surface area contributed by atoms with Crippen molar-refractivity contribution in [1.82, 2.24) is 4.90 Å². The average Bonchev–Trinajstić information content (AvgIpc) is 2.48. The number of hydrogen-bond donors (Lipinski definition) is 2. The molecule has 2 unspecified atom stereocenters. The van der Waals surface area contributed by atoms with Crippen molar-refractivity contribution in [2.75, 3.05) is 19.6 Å². The van der Waals surface area contributed by atoms with Crippen LogP contribution in [0.3, 0.4) is 0 Å². The predicted octanol–water partition coefficient (Wildman–Crippen LogP) is 0.571. The third-order valence-electron chi connectivity index (χ3n) is 3.07. The molecule has 0 amide bonds. The highest BCUT2D eigenvalue weighted by Crippen LogP contribution is 2.18. The minimum Gasteiger partial charge on any atom is -0.389 e. The van der Waals surface area contributed by atoms with Crippen molar-refractivity contribution in [3.05, 3.63) is 0 Å². The lowest BCUT2D eigenvalue weighted by Gasteiger charge is -2.27. The second-order valence-electron chi connectivity index (χ2n) is 4.48. The largest absolute Gasteiger partial charge is 0.389 e. The molecule has 0 aromatic carbocycles. The van der Waals surface area contributed by atoms with Gasteiger partial charge in [0.05, 0.1) is 5.60 Å². The maximum absolute atomic E-state index is 9.72. The zero-order chi connectivity index (χ0) is 9.90. The number of aliphatic hydroxyl groups is 1. The first kappa shape index (κ1) is 11.0. The van der Waals surface area contributed by atoms with Gasteiger partial charge in [-0.2, -0.15) is 0 Å². The SMILES string of the molecule is CC1CCCN1CCC(C)(O)CN. The summed E-state index contributed by atoms with van der Waals surface area (Å²) in [5.41, 5.74) is 4.78. The van der Waals surface area contributed by atoms with Gasteiger partial charge in [-0.15, -0.1) is 0 Å². The number of hydrogen-bond acceptors (Lipinski definition) is 3. The summed E-state index contributed by atoms with van der Waals surface area (Å²) in [4.78, 5) is 2.43. The Balaban J connectivity index is 2.25. The number of rotatable bonds is 4. The molecule has 0 bridgehead atoms. The van der Waals surface area contributed by atoms with Gasteiger partial charge in [-0.25, -0.2) is 0 Å². The highest BCUT2D eigenvalue weighted by Gasteiger charge is 2.24. The average molecular weight is 186 g/mol. The Kier molecular flexibility index (Phi) is 3.71. The Morgan fingerprint density at radius 3 is 2.77 bits per heavy atom. The molecular weight excluding hydrogens is 164 g/mol. The van der Waals surface area contributed by atoms with Gasteiger partial charge in [-0.3, -0.25) is 0 Å². The van der Waals surface area contributed by atoms with E-state index >= 15 is 0 Å². The fourth-order valence-corrected chi connectivity index (χ4v) is 1.81. The summed E-state index contributed by atoms with van der Waals surface area (Å²) in [7, 11) is 0. The smallest absolute Gasteiger partial charge is 0.0753 e. The summed E-state index contributed by atoms with van der Waals surface area (Å²) >= 11 is 0. The number of nitrogens with zero attached hydrogens (tertiary/aromatic N) is 1. The van der Waals surface area contributed by atoms with E-state index in [4.69, 9.17) is 5.73 Å². The lowest BCUT2D eigenvalue weighted by atomic mass is 10.0. The molecule has 1 aliphatic rings. The van der Waals surface area contributed by atoms with E-state index in [0.29, 0.717) is 12.6 Å². The lowest BCUT2D eigenvalue weighted by Crippen LogP contribution is -2.39. The molecule has 0 radical (unpaired) electrons. The normalized spacial score (nSPS) is 29.1. The zero-order valence-corrected chi connectivity index (χ0v) is 8.79. The molecule has 3 heteroatoms. The van der Waals surface area contributed by atoms with Gasteiger partial charge in [0.1, 0.15) is 0 Å². The standard InChI is InChI=1S/C10H22N2O/c1-9-4-3-6-12(9)7-5-10(2,13)8-11/h9,13H,3-8,11H2,1-2H3.